The molecule has 2 N–H and O–H groups in total. The van der Waals surface area contributed by atoms with Crippen LogP contribution in [0.15, 0.2) is 23.2 Å². The highest BCUT2D eigenvalue weighted by Gasteiger charge is 2.34. The lowest BCUT2D eigenvalue weighted by molar-refractivity contribution is 0.00699. The van der Waals surface area contributed by atoms with Crippen LogP contribution in [0.4, 0.5) is 4.79 Å². The van der Waals surface area contributed by atoms with Gasteiger partial charge in [-0.15, -0.1) is 0 Å². The van der Waals surface area contributed by atoms with Crippen molar-refractivity contribution in [1.82, 2.24) is 15.5 Å². The van der Waals surface area contributed by atoms with Gasteiger partial charge >= 0.3 is 12.1 Å². The van der Waals surface area contributed by atoms with Crippen LogP contribution in [0, 0.1) is 0 Å². The first-order chi connectivity index (χ1) is 14.2. The van der Waals surface area contributed by atoms with Gasteiger partial charge < -0.3 is 29.7 Å². The summed E-state index contributed by atoms with van der Waals surface area (Å²) in [5, 5.41) is 6.52. The van der Waals surface area contributed by atoms with Crippen molar-refractivity contribution >= 4 is 18.0 Å². The number of nitrogens with zero attached hydrogens (tertiary/aromatic N) is 2. The van der Waals surface area contributed by atoms with Crippen molar-refractivity contribution < 1.29 is 23.8 Å². The van der Waals surface area contributed by atoms with Gasteiger partial charge in [-0.2, -0.15) is 0 Å². The van der Waals surface area contributed by atoms with Gasteiger partial charge in [0.1, 0.15) is 16.9 Å². The molecule has 1 amide bonds. The van der Waals surface area contributed by atoms with Crippen molar-refractivity contribution in [3.63, 3.8) is 0 Å². The Kier molecular flexibility index (Phi) is 7.91. The van der Waals surface area contributed by atoms with Gasteiger partial charge in [-0.1, -0.05) is 6.07 Å². The van der Waals surface area contributed by atoms with Crippen molar-refractivity contribution in [3.8, 4) is 5.75 Å². The van der Waals surface area contributed by atoms with E-state index in [-0.39, 0.29) is 12.1 Å². The van der Waals surface area contributed by atoms with Gasteiger partial charge in [-0.05, 0) is 45.4 Å². The summed E-state index contributed by atoms with van der Waals surface area (Å²) >= 11 is 0. The molecular weight excluding hydrogens is 388 g/mol. The zero-order valence-electron chi connectivity index (χ0n) is 18.6. The highest BCUT2D eigenvalue weighted by molar-refractivity contribution is 5.92. The molecule has 1 aromatic rings. The van der Waals surface area contributed by atoms with E-state index in [0.29, 0.717) is 43.5 Å². The number of hydrogen-bond acceptors (Lipinski definition) is 6. The fourth-order valence-corrected chi connectivity index (χ4v) is 2.84. The van der Waals surface area contributed by atoms with E-state index in [4.69, 9.17) is 14.2 Å². The Morgan fingerprint density at radius 1 is 1.23 bits per heavy atom. The standard InChI is InChI=1S/C21H32N4O5/c1-7-22-19(24-15-12-25(13-15)20(27)30-21(2,3)4)23-11-14-8-9-16(18(26)29-6)17(10-14)28-5/h8-10,15H,7,11-13H2,1-6H3,(H2,22,23,24). The number of carbonyl (C=O) groups is 2. The van der Waals surface area contributed by atoms with E-state index in [9.17, 15) is 9.59 Å². The normalized spacial score (nSPS) is 14.6. The van der Waals surface area contributed by atoms with Crippen LogP contribution in [-0.2, 0) is 16.0 Å². The van der Waals surface area contributed by atoms with E-state index in [2.05, 4.69) is 15.6 Å². The Morgan fingerprint density at radius 3 is 2.50 bits per heavy atom. The van der Waals surface area contributed by atoms with Gasteiger partial charge in [0.25, 0.3) is 0 Å². The maximum absolute atomic E-state index is 12.1. The molecule has 1 heterocycles. The van der Waals surface area contributed by atoms with Gasteiger partial charge in [0.05, 0.1) is 26.8 Å². The molecule has 1 aliphatic heterocycles. The fourth-order valence-electron chi connectivity index (χ4n) is 2.84. The van der Waals surface area contributed by atoms with Crippen LogP contribution in [0.5, 0.6) is 5.75 Å². The van der Waals surface area contributed by atoms with Crippen LogP contribution >= 0.6 is 0 Å². The van der Waals surface area contributed by atoms with E-state index >= 15 is 0 Å². The molecular formula is C21H32N4O5. The van der Waals surface area contributed by atoms with Crippen LogP contribution in [0.2, 0.25) is 0 Å². The van der Waals surface area contributed by atoms with Gasteiger partial charge in [0.15, 0.2) is 5.96 Å². The van der Waals surface area contributed by atoms with Crippen molar-refractivity contribution in [1.29, 1.82) is 0 Å². The quantitative estimate of drug-likeness (QED) is 0.413. The number of carbonyl (C=O) groups excluding carboxylic acids is 2. The van der Waals surface area contributed by atoms with Crippen LogP contribution in [0.25, 0.3) is 0 Å². The van der Waals surface area contributed by atoms with Gasteiger partial charge in [0.2, 0.25) is 0 Å². The van der Waals surface area contributed by atoms with Gasteiger partial charge in [-0.3, -0.25) is 0 Å². The molecule has 9 heteroatoms. The van der Waals surface area contributed by atoms with Crippen LogP contribution in [0.3, 0.4) is 0 Å². The average molecular weight is 421 g/mol. The largest absolute Gasteiger partial charge is 0.496 e. The molecule has 0 radical (unpaired) electrons. The third-order valence-corrected chi connectivity index (χ3v) is 4.31. The highest BCUT2D eigenvalue weighted by atomic mass is 16.6. The monoisotopic (exact) mass is 420 g/mol. The lowest BCUT2D eigenvalue weighted by Gasteiger charge is -2.40. The number of hydrogen-bond donors (Lipinski definition) is 2. The predicted molar refractivity (Wildman–Crippen MR) is 114 cm³/mol. The van der Waals surface area contributed by atoms with Gasteiger partial charge in [0, 0.05) is 19.6 Å². The molecule has 1 fully saturated rings. The number of benzene rings is 1. The topological polar surface area (TPSA) is 101 Å². The summed E-state index contributed by atoms with van der Waals surface area (Å²) < 4.78 is 15.4. The van der Waals surface area contributed by atoms with Gasteiger partial charge in [-0.25, -0.2) is 14.6 Å². The maximum atomic E-state index is 12.1. The number of guanidine groups is 1. The first-order valence-corrected chi connectivity index (χ1v) is 9.94. The number of ether oxygens (including phenoxy) is 3. The second kappa shape index (κ2) is 10.2. The molecule has 1 aliphatic rings. The van der Waals surface area contributed by atoms with E-state index < -0.39 is 11.6 Å². The molecule has 166 valence electrons. The maximum Gasteiger partial charge on any atom is 0.410 e. The number of methoxy groups -OCH3 is 2. The summed E-state index contributed by atoms with van der Waals surface area (Å²) in [5.74, 6) is 0.651. The molecule has 1 saturated heterocycles. The van der Waals surface area contributed by atoms with Crippen LogP contribution < -0.4 is 15.4 Å². The van der Waals surface area contributed by atoms with E-state index in [1.54, 1.807) is 17.0 Å². The van der Waals surface area contributed by atoms with Crippen molar-refractivity contribution in [2.45, 2.75) is 45.9 Å². The van der Waals surface area contributed by atoms with E-state index in [1.165, 1.54) is 14.2 Å². The minimum Gasteiger partial charge on any atom is -0.496 e. The Bertz CT molecular complexity index is 782. The predicted octanol–water partition coefficient (Wildman–Crippen LogP) is 2.16. The molecule has 30 heavy (non-hydrogen) atoms. The molecule has 0 unspecified atom stereocenters. The summed E-state index contributed by atoms with van der Waals surface area (Å²) in [7, 11) is 2.84. The SMILES string of the molecule is CCNC(=NCc1ccc(C(=O)OC)c(OC)c1)NC1CN(C(=O)OC(C)(C)C)C1. The Morgan fingerprint density at radius 2 is 1.93 bits per heavy atom. The molecule has 0 atom stereocenters. The van der Waals surface area contributed by atoms with Crippen molar-refractivity contribution in [2.24, 2.45) is 4.99 Å². The highest BCUT2D eigenvalue weighted by Crippen LogP contribution is 2.21. The lowest BCUT2D eigenvalue weighted by Crippen LogP contribution is -2.63. The number of nitrogens with one attached hydrogen (secondary N) is 2. The summed E-state index contributed by atoms with van der Waals surface area (Å²) in [5.41, 5.74) is 0.756. The number of amides is 1. The summed E-state index contributed by atoms with van der Waals surface area (Å²) in [6.07, 6.45) is -0.305. The summed E-state index contributed by atoms with van der Waals surface area (Å²) in [6.45, 7) is 9.75. The molecule has 2 rings (SSSR count). The first kappa shape index (κ1) is 23.3. The smallest absolute Gasteiger partial charge is 0.410 e. The minimum atomic E-state index is -0.504. The van der Waals surface area contributed by atoms with E-state index in [1.807, 2.05) is 33.8 Å². The van der Waals surface area contributed by atoms with E-state index in [0.717, 1.165) is 5.56 Å². The summed E-state index contributed by atoms with van der Waals surface area (Å²) in [4.78, 5) is 30.1. The lowest BCUT2D eigenvalue weighted by atomic mass is 10.1. The number of likely N-dealkylation sites (tertiary alicyclic amines) is 1. The first-order valence-electron chi connectivity index (χ1n) is 9.94. The number of esters is 1. The fraction of sp³-hybridized carbons (Fsp3) is 0.571. The molecule has 0 spiro atoms. The molecule has 0 saturated carbocycles. The second-order valence-corrected chi connectivity index (χ2v) is 7.95. The third-order valence-electron chi connectivity index (χ3n) is 4.31. The number of aliphatic imine (C=N–C) groups is 1. The van der Waals surface area contributed by atoms with Crippen LogP contribution in [0.1, 0.15) is 43.6 Å². The third kappa shape index (κ3) is 6.53. The van der Waals surface area contributed by atoms with Crippen molar-refractivity contribution in [2.75, 3.05) is 33.9 Å². The Balaban J connectivity index is 1.96. The molecule has 0 aromatic heterocycles. The Hall–Kier alpha value is -2.97. The molecule has 0 bridgehead atoms. The second-order valence-electron chi connectivity index (χ2n) is 7.95. The number of rotatable bonds is 6. The molecule has 1 aromatic carbocycles. The zero-order valence-corrected chi connectivity index (χ0v) is 18.6. The Labute approximate surface area is 177 Å². The van der Waals surface area contributed by atoms with Crippen LogP contribution in [-0.4, -0.2) is 68.4 Å². The average Bonchev–Trinajstić information content (AvgIpc) is 2.65. The molecule has 0 aliphatic carbocycles. The minimum absolute atomic E-state index is 0.103. The van der Waals surface area contributed by atoms with Crippen molar-refractivity contribution in [3.05, 3.63) is 29.3 Å². The zero-order chi connectivity index (χ0) is 22.3. The molecule has 9 nitrogen and oxygen atoms in total. The summed E-state index contributed by atoms with van der Waals surface area (Å²) in [6, 6.07) is 5.36.